The minimum Gasteiger partial charge on any atom is -0.378 e. The van der Waals surface area contributed by atoms with Gasteiger partial charge in [-0.15, -0.1) is 0 Å². The van der Waals surface area contributed by atoms with E-state index < -0.39 is 17.8 Å². The minimum absolute atomic E-state index is 0.305. The van der Waals surface area contributed by atoms with Gasteiger partial charge in [0.25, 0.3) is 5.91 Å². The van der Waals surface area contributed by atoms with Gasteiger partial charge in [0.1, 0.15) is 5.82 Å². The van der Waals surface area contributed by atoms with Gasteiger partial charge in [-0.05, 0) is 18.4 Å². The number of benzene rings is 1. The Labute approximate surface area is 109 Å². The molecular weight excluding hydrogens is 255 g/mol. The molecular formula is C12H15FN2O2S. The molecule has 0 spiro atoms. The number of carbonyl (C=O) groups is 1. The van der Waals surface area contributed by atoms with Crippen LogP contribution in [0.3, 0.4) is 0 Å². The van der Waals surface area contributed by atoms with E-state index in [0.717, 1.165) is 5.75 Å². The highest BCUT2D eigenvalue weighted by Gasteiger charge is 2.30. The highest BCUT2D eigenvalue weighted by Crippen LogP contribution is 2.35. The Balaban J connectivity index is 2.29. The van der Waals surface area contributed by atoms with Crippen LogP contribution in [0.2, 0.25) is 0 Å². The lowest BCUT2D eigenvalue weighted by molar-refractivity contribution is -0.123. The van der Waals surface area contributed by atoms with Crippen LogP contribution in [0.4, 0.5) is 15.8 Å². The van der Waals surface area contributed by atoms with Crippen molar-refractivity contribution in [2.24, 2.45) is 0 Å². The maximum Gasteiger partial charge on any atom is 0.257 e. The monoisotopic (exact) mass is 270 g/mol. The summed E-state index contributed by atoms with van der Waals surface area (Å²) in [6, 6.07) is 2.79. The number of hydrogen-bond acceptors (Lipinski definition) is 4. The number of anilines is 2. The number of thioether (sulfide) groups is 1. The molecule has 1 aliphatic rings. The standard InChI is InChI=1S/C12H15FN2O2S/c1-15(3-4-18-2)10-6-9-7(5-8(10)13)11(16)12(17)14-9/h5-6,11,16H,3-4H2,1-2H3,(H,14,17). The number of aliphatic hydroxyl groups is 1. The van der Waals surface area contributed by atoms with Crippen LogP contribution >= 0.6 is 11.8 Å². The highest BCUT2D eigenvalue weighted by atomic mass is 32.2. The third-order valence-electron chi connectivity index (χ3n) is 2.96. The predicted molar refractivity (Wildman–Crippen MR) is 71.6 cm³/mol. The molecule has 1 amide bonds. The molecule has 0 radical (unpaired) electrons. The predicted octanol–water partition coefficient (Wildman–Crippen LogP) is 1.61. The van der Waals surface area contributed by atoms with E-state index in [1.165, 1.54) is 6.07 Å². The van der Waals surface area contributed by atoms with Gasteiger partial charge in [-0.2, -0.15) is 11.8 Å². The second-order valence-electron chi connectivity index (χ2n) is 4.20. The molecule has 0 saturated carbocycles. The number of amides is 1. The van der Waals surface area contributed by atoms with Crippen LogP contribution in [0, 0.1) is 5.82 Å². The number of halogens is 1. The fourth-order valence-corrected chi connectivity index (χ4v) is 2.35. The molecule has 0 aromatic heterocycles. The number of rotatable bonds is 4. The van der Waals surface area contributed by atoms with Gasteiger partial charge in [-0.3, -0.25) is 4.79 Å². The largest absolute Gasteiger partial charge is 0.378 e. The molecule has 0 saturated heterocycles. The number of aliphatic hydroxyl groups excluding tert-OH is 1. The lowest BCUT2D eigenvalue weighted by Gasteiger charge is -2.20. The van der Waals surface area contributed by atoms with E-state index in [2.05, 4.69) is 5.32 Å². The third-order valence-corrected chi connectivity index (χ3v) is 3.55. The molecule has 98 valence electrons. The second kappa shape index (κ2) is 5.16. The Morgan fingerprint density at radius 2 is 2.28 bits per heavy atom. The molecule has 18 heavy (non-hydrogen) atoms. The lowest BCUT2D eigenvalue weighted by atomic mass is 10.1. The summed E-state index contributed by atoms with van der Waals surface area (Å²) in [6.07, 6.45) is 0.726. The Morgan fingerprint density at radius 1 is 1.56 bits per heavy atom. The van der Waals surface area contributed by atoms with Gasteiger partial charge < -0.3 is 15.3 Å². The van der Waals surface area contributed by atoms with E-state index in [0.29, 0.717) is 23.5 Å². The maximum absolute atomic E-state index is 13.9. The molecule has 1 heterocycles. The fourth-order valence-electron chi connectivity index (χ4n) is 1.90. The summed E-state index contributed by atoms with van der Waals surface area (Å²) >= 11 is 1.68. The summed E-state index contributed by atoms with van der Waals surface area (Å²) in [5.74, 6) is -0.0385. The van der Waals surface area contributed by atoms with Crippen molar-refractivity contribution in [1.82, 2.24) is 0 Å². The van der Waals surface area contributed by atoms with Crippen molar-refractivity contribution in [3.05, 3.63) is 23.5 Å². The summed E-state index contributed by atoms with van der Waals surface area (Å²) in [4.78, 5) is 13.1. The summed E-state index contributed by atoms with van der Waals surface area (Å²) in [6.45, 7) is 0.716. The number of nitrogens with one attached hydrogen (secondary N) is 1. The third kappa shape index (κ3) is 2.30. The van der Waals surface area contributed by atoms with Crippen LogP contribution < -0.4 is 10.2 Å². The molecule has 0 bridgehead atoms. The fraction of sp³-hybridized carbons (Fsp3) is 0.417. The maximum atomic E-state index is 13.9. The van der Waals surface area contributed by atoms with Crippen LogP contribution in [0.1, 0.15) is 11.7 Å². The van der Waals surface area contributed by atoms with Crippen LogP contribution in [-0.4, -0.2) is 36.6 Å². The molecule has 2 rings (SSSR count). The Bertz CT molecular complexity index is 481. The molecule has 0 fully saturated rings. The molecule has 1 aromatic carbocycles. The van der Waals surface area contributed by atoms with E-state index in [1.807, 2.05) is 6.26 Å². The Kier molecular flexibility index (Phi) is 3.77. The average molecular weight is 270 g/mol. The first-order valence-electron chi connectivity index (χ1n) is 5.57. The first kappa shape index (κ1) is 13.2. The van der Waals surface area contributed by atoms with Crippen molar-refractivity contribution in [2.45, 2.75) is 6.10 Å². The SMILES string of the molecule is CSCCN(C)c1cc2c(cc1F)C(O)C(=O)N2. The van der Waals surface area contributed by atoms with Gasteiger partial charge in [-0.1, -0.05) is 0 Å². The van der Waals surface area contributed by atoms with Gasteiger partial charge in [0.15, 0.2) is 6.10 Å². The van der Waals surface area contributed by atoms with E-state index in [-0.39, 0.29) is 0 Å². The van der Waals surface area contributed by atoms with Gasteiger partial charge >= 0.3 is 0 Å². The first-order chi connectivity index (χ1) is 8.54. The van der Waals surface area contributed by atoms with Gasteiger partial charge in [0, 0.05) is 30.6 Å². The molecule has 0 aliphatic carbocycles. The molecule has 1 atom stereocenters. The summed E-state index contributed by atoms with van der Waals surface area (Å²) in [5.41, 5.74) is 1.22. The van der Waals surface area contributed by atoms with Gasteiger partial charge in [0.05, 0.1) is 5.69 Å². The van der Waals surface area contributed by atoms with E-state index in [9.17, 15) is 14.3 Å². The molecule has 6 heteroatoms. The summed E-state index contributed by atoms with van der Waals surface area (Å²) in [5, 5.41) is 12.1. The normalized spacial score (nSPS) is 17.6. The van der Waals surface area contributed by atoms with Crippen LogP contribution in [0.15, 0.2) is 12.1 Å². The zero-order valence-electron chi connectivity index (χ0n) is 10.2. The Morgan fingerprint density at radius 3 is 2.94 bits per heavy atom. The van der Waals surface area contributed by atoms with Gasteiger partial charge in [0.2, 0.25) is 0 Å². The molecule has 1 aromatic rings. The van der Waals surface area contributed by atoms with E-state index in [1.54, 1.807) is 29.8 Å². The number of carbonyl (C=O) groups excluding carboxylic acids is 1. The van der Waals surface area contributed by atoms with Gasteiger partial charge in [-0.25, -0.2) is 4.39 Å². The lowest BCUT2D eigenvalue weighted by Crippen LogP contribution is -2.21. The van der Waals surface area contributed by atoms with E-state index >= 15 is 0 Å². The smallest absolute Gasteiger partial charge is 0.257 e. The van der Waals surface area contributed by atoms with Crippen LogP contribution in [-0.2, 0) is 4.79 Å². The summed E-state index contributed by atoms with van der Waals surface area (Å²) < 4.78 is 13.9. The van der Waals surface area contributed by atoms with Crippen molar-refractivity contribution in [1.29, 1.82) is 0 Å². The van der Waals surface area contributed by atoms with Crippen LogP contribution in [0.25, 0.3) is 0 Å². The van der Waals surface area contributed by atoms with Crippen molar-refractivity contribution in [3.63, 3.8) is 0 Å². The molecule has 1 unspecified atom stereocenters. The minimum atomic E-state index is -1.26. The second-order valence-corrected chi connectivity index (χ2v) is 5.18. The number of hydrogen-bond donors (Lipinski definition) is 2. The topological polar surface area (TPSA) is 52.6 Å². The number of nitrogens with zero attached hydrogens (tertiary/aromatic N) is 1. The Hall–Kier alpha value is -1.27. The van der Waals surface area contributed by atoms with Crippen LogP contribution in [0.5, 0.6) is 0 Å². The summed E-state index contributed by atoms with van der Waals surface area (Å²) in [7, 11) is 1.80. The molecule has 4 nitrogen and oxygen atoms in total. The zero-order chi connectivity index (χ0) is 13.3. The zero-order valence-corrected chi connectivity index (χ0v) is 11.1. The van der Waals surface area contributed by atoms with Crippen molar-refractivity contribution in [3.8, 4) is 0 Å². The van der Waals surface area contributed by atoms with Crippen molar-refractivity contribution >= 4 is 29.0 Å². The first-order valence-corrected chi connectivity index (χ1v) is 6.96. The molecule has 2 N–H and O–H groups in total. The molecule has 1 aliphatic heterocycles. The number of fused-ring (bicyclic) bond motifs is 1. The van der Waals surface area contributed by atoms with E-state index in [4.69, 9.17) is 0 Å². The van der Waals surface area contributed by atoms with Crippen molar-refractivity contribution < 1.29 is 14.3 Å². The average Bonchev–Trinajstić information content (AvgIpc) is 2.62. The quantitative estimate of drug-likeness (QED) is 0.873. The highest BCUT2D eigenvalue weighted by molar-refractivity contribution is 7.98. The van der Waals surface area contributed by atoms with Crippen molar-refractivity contribution in [2.75, 3.05) is 35.8 Å².